The summed E-state index contributed by atoms with van der Waals surface area (Å²) in [5.74, 6) is 1.55. The van der Waals surface area contributed by atoms with Gasteiger partial charge in [0.2, 0.25) is 0 Å². The average molecular weight is 312 g/mol. The summed E-state index contributed by atoms with van der Waals surface area (Å²) in [5, 5.41) is 0. The van der Waals surface area contributed by atoms with Gasteiger partial charge < -0.3 is 9.64 Å². The highest BCUT2D eigenvalue weighted by Gasteiger charge is 2.32. The van der Waals surface area contributed by atoms with Crippen molar-refractivity contribution in [1.82, 2.24) is 9.80 Å². The minimum Gasteiger partial charge on any atom is -0.492 e. The summed E-state index contributed by atoms with van der Waals surface area (Å²) in [4.78, 5) is 17.3. The Morgan fingerprint density at radius 1 is 1.13 bits per heavy atom. The third-order valence-corrected chi connectivity index (χ3v) is 5.10. The number of ether oxygens (including phenoxy) is 1. The molecule has 1 saturated heterocycles. The predicted octanol–water partition coefficient (Wildman–Crippen LogP) is 2.56. The molecule has 2 fully saturated rings. The van der Waals surface area contributed by atoms with E-state index in [9.17, 15) is 4.79 Å². The number of rotatable bonds is 5. The first-order valence-electron chi connectivity index (χ1n) is 8.71. The molecule has 1 saturated carbocycles. The van der Waals surface area contributed by atoms with Crippen LogP contribution in [0.5, 0.6) is 5.75 Å². The maximum Gasteiger partial charge on any atom is 0.257 e. The number of nitrogens with zero attached hydrogens (tertiary/aromatic N) is 2. The zero-order valence-corrected chi connectivity index (χ0v) is 13.5. The van der Waals surface area contributed by atoms with Crippen LogP contribution < -0.4 is 4.74 Å². The van der Waals surface area contributed by atoms with Gasteiger partial charge in [-0.2, -0.15) is 0 Å². The number of hydrogen-bond acceptors (Lipinski definition) is 3. The van der Waals surface area contributed by atoms with E-state index in [-0.39, 0.29) is 5.91 Å². The number of hydrogen-bond donors (Lipinski definition) is 0. The van der Waals surface area contributed by atoms with Crippen LogP contribution in [0.15, 0.2) is 36.4 Å². The molecule has 2 heterocycles. The maximum atomic E-state index is 12.9. The van der Waals surface area contributed by atoms with Gasteiger partial charge in [0.1, 0.15) is 5.75 Å². The highest BCUT2D eigenvalue weighted by molar-refractivity contribution is 5.97. The molecule has 1 aliphatic carbocycles. The van der Waals surface area contributed by atoms with Crippen LogP contribution >= 0.6 is 0 Å². The first-order chi connectivity index (χ1) is 11.3. The summed E-state index contributed by atoms with van der Waals surface area (Å²) < 4.78 is 5.90. The molecule has 3 aliphatic rings. The van der Waals surface area contributed by atoms with Gasteiger partial charge in [-0.25, -0.2) is 0 Å². The largest absolute Gasteiger partial charge is 0.492 e. The van der Waals surface area contributed by atoms with Crippen LogP contribution in [0.4, 0.5) is 0 Å². The lowest BCUT2D eigenvalue weighted by Crippen LogP contribution is -2.37. The summed E-state index contributed by atoms with van der Waals surface area (Å²) in [6.45, 7) is 4.46. The Labute approximate surface area is 137 Å². The van der Waals surface area contributed by atoms with Crippen LogP contribution in [-0.4, -0.2) is 54.5 Å². The van der Waals surface area contributed by atoms with E-state index in [2.05, 4.69) is 17.1 Å². The van der Waals surface area contributed by atoms with E-state index in [4.69, 9.17) is 4.74 Å². The smallest absolute Gasteiger partial charge is 0.257 e. The minimum absolute atomic E-state index is 0.117. The van der Waals surface area contributed by atoms with Crippen LogP contribution in [0.3, 0.4) is 0 Å². The van der Waals surface area contributed by atoms with Crippen molar-refractivity contribution in [3.63, 3.8) is 0 Å². The first kappa shape index (κ1) is 14.8. The fourth-order valence-electron chi connectivity index (χ4n) is 3.45. The maximum absolute atomic E-state index is 12.9. The van der Waals surface area contributed by atoms with Gasteiger partial charge in [0.25, 0.3) is 5.91 Å². The monoisotopic (exact) mass is 312 g/mol. The van der Waals surface area contributed by atoms with Crippen LogP contribution in [0.2, 0.25) is 0 Å². The van der Waals surface area contributed by atoms with E-state index in [0.29, 0.717) is 17.5 Å². The second kappa shape index (κ2) is 6.36. The van der Waals surface area contributed by atoms with Crippen LogP contribution in [-0.2, 0) is 0 Å². The summed E-state index contributed by atoms with van der Waals surface area (Å²) in [6, 6.07) is 8.19. The van der Waals surface area contributed by atoms with Crippen molar-refractivity contribution in [2.24, 2.45) is 5.92 Å². The van der Waals surface area contributed by atoms with Gasteiger partial charge in [0, 0.05) is 32.2 Å². The van der Waals surface area contributed by atoms with Crippen molar-refractivity contribution in [1.29, 1.82) is 0 Å². The molecule has 0 N–H and O–H groups in total. The Hall–Kier alpha value is -1.81. The van der Waals surface area contributed by atoms with Gasteiger partial charge >= 0.3 is 0 Å². The van der Waals surface area contributed by atoms with Crippen molar-refractivity contribution in [2.75, 3.05) is 32.8 Å². The molecule has 0 aromatic heterocycles. The molecule has 0 bridgehead atoms. The number of para-hydroxylation sites is 1. The SMILES string of the molecule is O=C(c1ccccc1OCC1CC1)N1CC[C@@H](N2CC=CC2)C1. The van der Waals surface area contributed by atoms with E-state index in [1.165, 1.54) is 12.8 Å². The minimum atomic E-state index is 0.117. The molecule has 4 heteroatoms. The quantitative estimate of drug-likeness (QED) is 0.783. The molecular formula is C19H24N2O2. The number of amides is 1. The molecule has 4 nitrogen and oxygen atoms in total. The second-order valence-electron chi connectivity index (χ2n) is 6.87. The van der Waals surface area contributed by atoms with Gasteiger partial charge in [-0.15, -0.1) is 0 Å². The molecule has 0 unspecified atom stereocenters. The van der Waals surface area contributed by atoms with Crippen LogP contribution in [0.1, 0.15) is 29.6 Å². The fourth-order valence-corrected chi connectivity index (χ4v) is 3.45. The zero-order valence-electron chi connectivity index (χ0n) is 13.5. The van der Waals surface area contributed by atoms with Gasteiger partial charge in [0.05, 0.1) is 12.2 Å². The van der Waals surface area contributed by atoms with Gasteiger partial charge in [-0.1, -0.05) is 24.3 Å². The van der Waals surface area contributed by atoms with Crippen LogP contribution in [0, 0.1) is 5.92 Å². The highest BCUT2D eigenvalue weighted by atomic mass is 16.5. The Kier molecular flexibility index (Phi) is 4.08. The molecule has 1 atom stereocenters. The molecule has 1 aromatic carbocycles. The highest BCUT2D eigenvalue weighted by Crippen LogP contribution is 2.31. The van der Waals surface area contributed by atoms with E-state index in [0.717, 1.165) is 45.0 Å². The second-order valence-corrected chi connectivity index (χ2v) is 6.87. The van der Waals surface area contributed by atoms with Crippen molar-refractivity contribution < 1.29 is 9.53 Å². The fraction of sp³-hybridized carbons (Fsp3) is 0.526. The van der Waals surface area contributed by atoms with E-state index in [1.807, 2.05) is 29.2 Å². The Balaban J connectivity index is 1.42. The van der Waals surface area contributed by atoms with Gasteiger partial charge in [-0.05, 0) is 37.3 Å². The third kappa shape index (κ3) is 3.27. The number of likely N-dealkylation sites (tertiary alicyclic amines) is 1. The van der Waals surface area contributed by atoms with Crippen molar-refractivity contribution in [3.05, 3.63) is 42.0 Å². The van der Waals surface area contributed by atoms with Crippen molar-refractivity contribution in [3.8, 4) is 5.75 Å². The normalized spacial score (nSPS) is 24.3. The summed E-state index contributed by atoms with van der Waals surface area (Å²) in [7, 11) is 0. The van der Waals surface area contributed by atoms with Gasteiger partial charge in [0.15, 0.2) is 0 Å². The standard InChI is InChI=1S/C19H24N2O2/c22-19(21-12-9-16(13-21)20-10-3-4-11-20)17-5-1-2-6-18(17)23-14-15-7-8-15/h1-6,15-16H,7-14H2/t16-/m1/s1. The molecule has 23 heavy (non-hydrogen) atoms. The lowest BCUT2D eigenvalue weighted by atomic mass is 10.1. The summed E-state index contributed by atoms with van der Waals surface area (Å²) in [5.41, 5.74) is 0.716. The van der Waals surface area contributed by atoms with Crippen molar-refractivity contribution >= 4 is 5.91 Å². The van der Waals surface area contributed by atoms with E-state index in [1.54, 1.807) is 0 Å². The van der Waals surface area contributed by atoms with Gasteiger partial charge in [-0.3, -0.25) is 9.69 Å². The molecule has 0 spiro atoms. The molecule has 4 rings (SSSR count). The third-order valence-electron chi connectivity index (χ3n) is 5.10. The van der Waals surface area contributed by atoms with Crippen molar-refractivity contribution in [2.45, 2.75) is 25.3 Å². The van der Waals surface area contributed by atoms with E-state index < -0.39 is 0 Å². The molecule has 122 valence electrons. The molecule has 1 amide bonds. The molecule has 2 aliphatic heterocycles. The first-order valence-corrected chi connectivity index (χ1v) is 8.71. The lowest BCUT2D eigenvalue weighted by Gasteiger charge is -2.24. The summed E-state index contributed by atoms with van der Waals surface area (Å²) >= 11 is 0. The molecular weight excluding hydrogens is 288 g/mol. The summed E-state index contributed by atoms with van der Waals surface area (Å²) in [6.07, 6.45) is 8.01. The molecule has 0 radical (unpaired) electrons. The lowest BCUT2D eigenvalue weighted by molar-refractivity contribution is 0.0776. The predicted molar refractivity (Wildman–Crippen MR) is 89.7 cm³/mol. The number of carbonyl (C=O) groups is 1. The number of benzene rings is 1. The number of carbonyl (C=O) groups excluding carboxylic acids is 1. The van der Waals surface area contributed by atoms with Crippen LogP contribution in [0.25, 0.3) is 0 Å². The zero-order chi connectivity index (χ0) is 15.6. The van der Waals surface area contributed by atoms with E-state index >= 15 is 0 Å². The Morgan fingerprint density at radius 2 is 1.91 bits per heavy atom. The Bertz CT molecular complexity index is 601. The molecule has 1 aromatic rings. The average Bonchev–Trinajstić information content (AvgIpc) is 3.05. The Morgan fingerprint density at radius 3 is 2.70 bits per heavy atom. The topological polar surface area (TPSA) is 32.8 Å².